The number of hydrogen-bond donors (Lipinski definition) is 1. The Bertz CT molecular complexity index is 468. The number of thioether (sulfide) groups is 1. The molecule has 0 fully saturated rings. The fraction of sp³-hybridized carbons (Fsp3) is 0.364. The maximum atomic E-state index is 5.54. The predicted octanol–water partition coefficient (Wildman–Crippen LogP) is 1.00. The highest BCUT2D eigenvalue weighted by Crippen LogP contribution is 2.16. The molecule has 0 bridgehead atoms. The van der Waals surface area contributed by atoms with Crippen molar-refractivity contribution in [1.82, 2.24) is 19.7 Å². The highest BCUT2D eigenvalue weighted by molar-refractivity contribution is 7.99. The second kappa shape index (κ2) is 5.79. The van der Waals surface area contributed by atoms with Gasteiger partial charge in [-0.3, -0.25) is 4.98 Å². The van der Waals surface area contributed by atoms with Gasteiger partial charge in [0, 0.05) is 25.2 Å². The summed E-state index contributed by atoms with van der Waals surface area (Å²) in [7, 11) is 1.94. The molecule has 0 aliphatic rings. The summed E-state index contributed by atoms with van der Waals surface area (Å²) in [6, 6.07) is 4.03. The van der Waals surface area contributed by atoms with Crippen molar-refractivity contribution < 1.29 is 0 Å². The molecule has 2 aromatic heterocycles. The van der Waals surface area contributed by atoms with E-state index in [4.69, 9.17) is 5.73 Å². The number of pyridine rings is 1. The highest BCUT2D eigenvalue weighted by Gasteiger charge is 2.07. The Morgan fingerprint density at radius 3 is 2.94 bits per heavy atom. The second-order valence-electron chi connectivity index (χ2n) is 3.62. The van der Waals surface area contributed by atoms with Gasteiger partial charge in [-0.15, -0.1) is 10.2 Å². The SMILES string of the molecule is Cn1c(CN)nnc1SCCc1cccnc1. The van der Waals surface area contributed by atoms with E-state index in [-0.39, 0.29) is 0 Å². The summed E-state index contributed by atoms with van der Waals surface area (Å²) in [5, 5.41) is 9.02. The minimum atomic E-state index is 0.423. The van der Waals surface area contributed by atoms with Gasteiger partial charge in [-0.2, -0.15) is 0 Å². The molecule has 0 radical (unpaired) electrons. The molecule has 0 aliphatic heterocycles. The van der Waals surface area contributed by atoms with Gasteiger partial charge < -0.3 is 10.3 Å². The summed E-state index contributed by atoms with van der Waals surface area (Å²) < 4.78 is 1.94. The van der Waals surface area contributed by atoms with Crippen molar-refractivity contribution in [2.75, 3.05) is 5.75 Å². The van der Waals surface area contributed by atoms with Crippen LogP contribution >= 0.6 is 11.8 Å². The molecule has 90 valence electrons. The lowest BCUT2D eigenvalue weighted by Crippen LogP contribution is -2.05. The molecule has 0 aromatic carbocycles. The molecule has 0 saturated heterocycles. The van der Waals surface area contributed by atoms with Gasteiger partial charge in [-0.1, -0.05) is 17.8 Å². The van der Waals surface area contributed by atoms with E-state index in [1.165, 1.54) is 5.56 Å². The predicted molar refractivity (Wildman–Crippen MR) is 67.6 cm³/mol. The molecule has 0 saturated carbocycles. The van der Waals surface area contributed by atoms with E-state index in [0.29, 0.717) is 6.54 Å². The summed E-state index contributed by atoms with van der Waals surface area (Å²) >= 11 is 1.68. The monoisotopic (exact) mass is 249 g/mol. The van der Waals surface area contributed by atoms with Crippen LogP contribution in [0.2, 0.25) is 0 Å². The van der Waals surface area contributed by atoms with Crippen LogP contribution in [0.4, 0.5) is 0 Å². The number of aryl methyl sites for hydroxylation is 1. The van der Waals surface area contributed by atoms with Gasteiger partial charge in [0.1, 0.15) is 5.82 Å². The first-order valence-electron chi connectivity index (χ1n) is 5.41. The topological polar surface area (TPSA) is 69.6 Å². The molecule has 17 heavy (non-hydrogen) atoms. The van der Waals surface area contributed by atoms with E-state index >= 15 is 0 Å². The van der Waals surface area contributed by atoms with Gasteiger partial charge in [-0.05, 0) is 18.1 Å². The highest BCUT2D eigenvalue weighted by atomic mass is 32.2. The Balaban J connectivity index is 1.88. The largest absolute Gasteiger partial charge is 0.324 e. The number of nitrogens with zero attached hydrogens (tertiary/aromatic N) is 4. The van der Waals surface area contributed by atoms with E-state index in [2.05, 4.69) is 21.2 Å². The summed E-state index contributed by atoms with van der Waals surface area (Å²) in [5.74, 6) is 1.77. The number of nitrogens with two attached hydrogens (primary N) is 1. The van der Waals surface area contributed by atoms with Crippen LogP contribution < -0.4 is 5.73 Å². The second-order valence-corrected chi connectivity index (χ2v) is 4.68. The van der Waals surface area contributed by atoms with E-state index in [0.717, 1.165) is 23.2 Å². The molecule has 0 aliphatic carbocycles. The Kier molecular flexibility index (Phi) is 4.11. The van der Waals surface area contributed by atoms with E-state index in [1.807, 2.05) is 23.9 Å². The van der Waals surface area contributed by atoms with Crippen LogP contribution in [0.1, 0.15) is 11.4 Å². The van der Waals surface area contributed by atoms with Crippen molar-refractivity contribution in [2.45, 2.75) is 18.1 Å². The lowest BCUT2D eigenvalue weighted by molar-refractivity contribution is 0.734. The third kappa shape index (κ3) is 3.04. The van der Waals surface area contributed by atoms with Gasteiger partial charge >= 0.3 is 0 Å². The first-order chi connectivity index (χ1) is 8.31. The van der Waals surface area contributed by atoms with Crippen LogP contribution in [0.15, 0.2) is 29.7 Å². The first kappa shape index (κ1) is 12.1. The van der Waals surface area contributed by atoms with Crippen molar-refractivity contribution in [1.29, 1.82) is 0 Å². The van der Waals surface area contributed by atoms with E-state index in [9.17, 15) is 0 Å². The van der Waals surface area contributed by atoms with Crippen molar-refractivity contribution in [3.8, 4) is 0 Å². The van der Waals surface area contributed by atoms with Crippen molar-refractivity contribution >= 4 is 11.8 Å². The standard InChI is InChI=1S/C11H15N5S/c1-16-10(7-12)14-15-11(16)17-6-4-9-3-2-5-13-8-9/h2-3,5,8H,4,6-7,12H2,1H3. The Morgan fingerprint density at radius 1 is 1.41 bits per heavy atom. The molecule has 6 heteroatoms. The van der Waals surface area contributed by atoms with Gasteiger partial charge in [-0.25, -0.2) is 0 Å². The van der Waals surface area contributed by atoms with Gasteiger partial charge in [0.25, 0.3) is 0 Å². The average Bonchev–Trinajstić information content (AvgIpc) is 2.72. The Labute approximate surface area is 104 Å². The number of aromatic nitrogens is 4. The molecule has 2 aromatic rings. The summed E-state index contributed by atoms with van der Waals surface area (Å²) in [5.41, 5.74) is 6.78. The smallest absolute Gasteiger partial charge is 0.190 e. The molecule has 0 unspecified atom stereocenters. The maximum absolute atomic E-state index is 5.54. The van der Waals surface area contributed by atoms with Crippen LogP contribution in [-0.2, 0) is 20.0 Å². The van der Waals surface area contributed by atoms with Crippen molar-refractivity contribution in [2.24, 2.45) is 12.8 Å². The van der Waals surface area contributed by atoms with Gasteiger partial charge in [0.15, 0.2) is 5.16 Å². The Hall–Kier alpha value is -1.40. The molecule has 0 amide bonds. The molecule has 2 heterocycles. The maximum Gasteiger partial charge on any atom is 0.190 e. The van der Waals surface area contributed by atoms with E-state index < -0.39 is 0 Å². The van der Waals surface area contributed by atoms with Gasteiger partial charge in [0.2, 0.25) is 0 Å². The molecule has 2 rings (SSSR count). The van der Waals surface area contributed by atoms with Gasteiger partial charge in [0.05, 0.1) is 6.54 Å². The molecular formula is C11H15N5S. The third-order valence-electron chi connectivity index (χ3n) is 2.45. The zero-order valence-electron chi connectivity index (χ0n) is 9.71. The summed E-state index contributed by atoms with van der Waals surface area (Å²) in [6.07, 6.45) is 4.65. The zero-order valence-corrected chi connectivity index (χ0v) is 10.5. The molecule has 0 spiro atoms. The minimum absolute atomic E-state index is 0.423. The van der Waals surface area contributed by atoms with Crippen molar-refractivity contribution in [3.05, 3.63) is 35.9 Å². The van der Waals surface area contributed by atoms with Crippen LogP contribution in [0, 0.1) is 0 Å². The number of hydrogen-bond acceptors (Lipinski definition) is 5. The van der Waals surface area contributed by atoms with Crippen LogP contribution in [0.25, 0.3) is 0 Å². The molecule has 0 atom stereocenters. The minimum Gasteiger partial charge on any atom is -0.324 e. The van der Waals surface area contributed by atoms with Crippen LogP contribution in [0.5, 0.6) is 0 Å². The molecular weight excluding hydrogens is 234 g/mol. The lowest BCUT2D eigenvalue weighted by Gasteiger charge is -2.02. The normalized spacial score (nSPS) is 10.7. The quantitative estimate of drug-likeness (QED) is 0.801. The summed E-state index contributed by atoms with van der Waals surface area (Å²) in [4.78, 5) is 4.09. The molecule has 5 nitrogen and oxygen atoms in total. The first-order valence-corrected chi connectivity index (χ1v) is 6.40. The van der Waals surface area contributed by atoms with Crippen LogP contribution in [-0.4, -0.2) is 25.5 Å². The zero-order chi connectivity index (χ0) is 12.1. The van der Waals surface area contributed by atoms with E-state index in [1.54, 1.807) is 18.0 Å². The molecule has 2 N–H and O–H groups in total. The number of rotatable bonds is 5. The average molecular weight is 249 g/mol. The third-order valence-corrected chi connectivity index (χ3v) is 3.47. The van der Waals surface area contributed by atoms with Crippen molar-refractivity contribution in [3.63, 3.8) is 0 Å². The fourth-order valence-corrected chi connectivity index (χ4v) is 2.37. The van der Waals surface area contributed by atoms with Crippen LogP contribution in [0.3, 0.4) is 0 Å². The Morgan fingerprint density at radius 2 is 2.29 bits per heavy atom. The lowest BCUT2D eigenvalue weighted by atomic mass is 10.2. The fourth-order valence-electron chi connectivity index (χ4n) is 1.45. The summed E-state index contributed by atoms with van der Waals surface area (Å²) in [6.45, 7) is 0.423.